The third-order valence-corrected chi connectivity index (χ3v) is 3.29. The molecule has 0 aliphatic carbocycles. The van der Waals surface area contributed by atoms with Crippen molar-refractivity contribution in [3.05, 3.63) is 68.7 Å². The van der Waals surface area contributed by atoms with Gasteiger partial charge in [-0.25, -0.2) is 0 Å². The Morgan fingerprint density at radius 1 is 1.24 bits per heavy atom. The van der Waals surface area contributed by atoms with Gasteiger partial charge < -0.3 is 5.32 Å². The van der Waals surface area contributed by atoms with E-state index >= 15 is 0 Å². The van der Waals surface area contributed by atoms with Crippen molar-refractivity contribution in [1.82, 2.24) is 0 Å². The second-order valence-electron chi connectivity index (χ2n) is 4.41. The van der Waals surface area contributed by atoms with Crippen LogP contribution >= 0.6 is 11.6 Å². The van der Waals surface area contributed by atoms with Crippen LogP contribution in [0, 0.1) is 21.4 Å². The number of hydrogen-bond acceptors (Lipinski definition) is 4. The van der Waals surface area contributed by atoms with Gasteiger partial charge in [-0.05, 0) is 30.2 Å². The Balaban J connectivity index is 1.92. The summed E-state index contributed by atoms with van der Waals surface area (Å²) in [5.74, 6) is 0. The van der Waals surface area contributed by atoms with Gasteiger partial charge in [0.1, 0.15) is 0 Å². The minimum absolute atomic E-state index is 0.0850. The maximum atomic E-state index is 10.6. The smallest absolute Gasteiger partial charge is 0.269 e. The summed E-state index contributed by atoms with van der Waals surface area (Å²) in [6, 6.07) is 13.5. The van der Waals surface area contributed by atoms with Crippen molar-refractivity contribution >= 4 is 23.0 Å². The lowest BCUT2D eigenvalue weighted by molar-refractivity contribution is -0.384. The average molecular weight is 302 g/mol. The summed E-state index contributed by atoms with van der Waals surface area (Å²) in [4.78, 5) is 10.1. The molecular weight excluding hydrogens is 290 g/mol. The first-order chi connectivity index (χ1) is 10.1. The van der Waals surface area contributed by atoms with Crippen LogP contribution < -0.4 is 5.32 Å². The van der Waals surface area contributed by atoms with Crippen LogP contribution in [0.2, 0.25) is 5.02 Å². The number of halogens is 1. The predicted molar refractivity (Wildman–Crippen MR) is 81.5 cm³/mol. The van der Waals surface area contributed by atoms with Crippen LogP contribution in [0.4, 0.5) is 11.4 Å². The topological polar surface area (TPSA) is 79.0 Å². The highest BCUT2D eigenvalue weighted by atomic mass is 35.5. The van der Waals surface area contributed by atoms with Gasteiger partial charge in [-0.2, -0.15) is 5.26 Å². The third kappa shape index (κ3) is 3.94. The monoisotopic (exact) mass is 301 g/mol. The van der Waals surface area contributed by atoms with E-state index in [0.29, 0.717) is 23.6 Å². The molecule has 0 amide bonds. The second-order valence-corrected chi connectivity index (χ2v) is 4.81. The van der Waals surface area contributed by atoms with Crippen LogP contribution in [0.25, 0.3) is 0 Å². The molecule has 0 saturated carbocycles. The Morgan fingerprint density at radius 2 is 1.95 bits per heavy atom. The number of hydrogen-bond donors (Lipinski definition) is 1. The zero-order valence-corrected chi connectivity index (χ0v) is 11.8. The van der Waals surface area contributed by atoms with E-state index in [2.05, 4.69) is 5.32 Å². The van der Waals surface area contributed by atoms with E-state index < -0.39 is 4.92 Å². The van der Waals surface area contributed by atoms with Crippen molar-refractivity contribution in [1.29, 1.82) is 5.26 Å². The third-order valence-electron chi connectivity index (χ3n) is 2.97. The summed E-state index contributed by atoms with van der Waals surface area (Å²) in [6.45, 7) is 0.642. The zero-order valence-electron chi connectivity index (χ0n) is 11.0. The van der Waals surface area contributed by atoms with E-state index in [0.717, 1.165) is 11.3 Å². The quantitative estimate of drug-likeness (QED) is 0.673. The van der Waals surface area contributed by atoms with Crippen molar-refractivity contribution in [2.75, 3.05) is 11.9 Å². The molecular formula is C15H12ClN3O2. The number of nitrogens with zero attached hydrogens (tertiary/aromatic N) is 2. The van der Waals surface area contributed by atoms with Crippen LogP contribution in [0.5, 0.6) is 0 Å². The first-order valence-corrected chi connectivity index (χ1v) is 6.65. The number of nitrogens with one attached hydrogen (secondary N) is 1. The number of nitro benzene ring substituents is 1. The fraction of sp³-hybridized carbons (Fsp3) is 0.133. The highest BCUT2D eigenvalue weighted by Crippen LogP contribution is 2.22. The van der Waals surface area contributed by atoms with E-state index in [1.807, 2.05) is 6.07 Å². The molecule has 2 aromatic carbocycles. The molecule has 2 rings (SSSR count). The van der Waals surface area contributed by atoms with E-state index in [1.54, 1.807) is 30.3 Å². The number of anilines is 1. The van der Waals surface area contributed by atoms with Gasteiger partial charge in [-0.3, -0.25) is 10.1 Å². The summed E-state index contributed by atoms with van der Waals surface area (Å²) >= 11 is 6.06. The molecule has 0 radical (unpaired) electrons. The summed E-state index contributed by atoms with van der Waals surface area (Å²) in [5, 5.41) is 23.0. The molecule has 21 heavy (non-hydrogen) atoms. The highest BCUT2D eigenvalue weighted by Gasteiger charge is 2.04. The van der Waals surface area contributed by atoms with Gasteiger partial charge in [0, 0.05) is 18.7 Å². The molecule has 0 atom stereocenters. The Morgan fingerprint density at radius 3 is 2.52 bits per heavy atom. The lowest BCUT2D eigenvalue weighted by atomic mass is 10.1. The fourth-order valence-corrected chi connectivity index (χ4v) is 2.10. The van der Waals surface area contributed by atoms with Crippen LogP contribution in [-0.2, 0) is 6.42 Å². The zero-order chi connectivity index (χ0) is 15.2. The minimum atomic E-state index is -0.418. The van der Waals surface area contributed by atoms with Gasteiger partial charge in [0.25, 0.3) is 5.69 Å². The summed E-state index contributed by atoms with van der Waals surface area (Å²) in [5.41, 5.74) is 2.36. The van der Waals surface area contributed by atoms with Crippen LogP contribution in [-0.4, -0.2) is 11.5 Å². The molecule has 2 aromatic rings. The molecule has 1 N–H and O–H groups in total. The van der Waals surface area contributed by atoms with Gasteiger partial charge >= 0.3 is 0 Å². The summed E-state index contributed by atoms with van der Waals surface area (Å²) in [6.07, 6.45) is 0.717. The van der Waals surface area contributed by atoms with Crippen molar-refractivity contribution in [3.63, 3.8) is 0 Å². The Labute approximate surface area is 126 Å². The van der Waals surface area contributed by atoms with E-state index in [1.165, 1.54) is 12.1 Å². The normalized spacial score (nSPS) is 9.90. The summed E-state index contributed by atoms with van der Waals surface area (Å²) < 4.78 is 0. The predicted octanol–water partition coefficient (Wildman–Crippen LogP) is 3.77. The van der Waals surface area contributed by atoms with E-state index in [9.17, 15) is 10.1 Å². The van der Waals surface area contributed by atoms with Crippen molar-refractivity contribution < 1.29 is 4.92 Å². The minimum Gasteiger partial charge on any atom is -0.384 e. The SMILES string of the molecule is N#Cc1ccc(NCCc2ccc([N+](=O)[O-])cc2)c(Cl)c1. The number of rotatable bonds is 5. The van der Waals surface area contributed by atoms with Gasteiger partial charge in [0.15, 0.2) is 0 Å². The van der Waals surface area contributed by atoms with Crippen molar-refractivity contribution in [2.24, 2.45) is 0 Å². The van der Waals surface area contributed by atoms with Gasteiger partial charge in [-0.1, -0.05) is 23.7 Å². The largest absolute Gasteiger partial charge is 0.384 e. The lowest BCUT2D eigenvalue weighted by Gasteiger charge is -2.08. The van der Waals surface area contributed by atoms with Crippen molar-refractivity contribution in [3.8, 4) is 6.07 Å². The van der Waals surface area contributed by atoms with Gasteiger partial charge in [0.05, 0.1) is 27.3 Å². The first kappa shape index (κ1) is 14.8. The Bertz CT molecular complexity index is 693. The van der Waals surface area contributed by atoms with Gasteiger partial charge in [-0.15, -0.1) is 0 Å². The fourth-order valence-electron chi connectivity index (χ4n) is 1.85. The Kier molecular flexibility index (Phi) is 4.75. The van der Waals surface area contributed by atoms with Crippen LogP contribution in [0.1, 0.15) is 11.1 Å². The maximum Gasteiger partial charge on any atom is 0.269 e. The maximum absolute atomic E-state index is 10.6. The van der Waals surface area contributed by atoms with Crippen LogP contribution in [0.15, 0.2) is 42.5 Å². The molecule has 0 bridgehead atoms. The number of benzene rings is 2. The first-order valence-electron chi connectivity index (χ1n) is 6.27. The van der Waals surface area contributed by atoms with E-state index in [-0.39, 0.29) is 5.69 Å². The number of non-ortho nitro benzene ring substituents is 1. The van der Waals surface area contributed by atoms with Crippen molar-refractivity contribution in [2.45, 2.75) is 6.42 Å². The number of nitro groups is 1. The second kappa shape index (κ2) is 6.73. The average Bonchev–Trinajstić information content (AvgIpc) is 2.49. The molecule has 0 spiro atoms. The molecule has 0 aliphatic rings. The standard InChI is InChI=1S/C15H12ClN3O2/c16-14-9-12(10-17)3-6-15(14)18-8-7-11-1-4-13(5-2-11)19(20)21/h1-6,9,18H,7-8H2. The molecule has 6 heteroatoms. The highest BCUT2D eigenvalue weighted by molar-refractivity contribution is 6.33. The molecule has 0 fully saturated rings. The molecule has 106 valence electrons. The number of nitriles is 1. The van der Waals surface area contributed by atoms with E-state index in [4.69, 9.17) is 16.9 Å². The lowest BCUT2D eigenvalue weighted by Crippen LogP contribution is -2.05. The molecule has 0 heterocycles. The van der Waals surface area contributed by atoms with Gasteiger partial charge in [0.2, 0.25) is 0 Å². The molecule has 0 aliphatic heterocycles. The summed E-state index contributed by atoms with van der Waals surface area (Å²) in [7, 11) is 0. The molecule has 0 saturated heterocycles. The molecule has 0 unspecified atom stereocenters. The van der Waals surface area contributed by atoms with Crippen LogP contribution in [0.3, 0.4) is 0 Å². The molecule has 0 aromatic heterocycles. The Hall–Kier alpha value is -2.58. The molecule has 5 nitrogen and oxygen atoms in total.